The van der Waals surface area contributed by atoms with Gasteiger partial charge in [-0.3, -0.25) is 9.59 Å². The number of ether oxygens (including phenoxy) is 5. The quantitative estimate of drug-likeness (QED) is 0.160. The Morgan fingerprint density at radius 3 is 2.17 bits per heavy atom. The first-order chi connectivity index (χ1) is 19.5. The van der Waals surface area contributed by atoms with Gasteiger partial charge in [0.2, 0.25) is 0 Å². The van der Waals surface area contributed by atoms with Crippen molar-refractivity contribution in [2.24, 2.45) is 0 Å². The van der Waals surface area contributed by atoms with Crippen LogP contribution < -0.4 is 4.74 Å². The van der Waals surface area contributed by atoms with Crippen LogP contribution in [0.25, 0.3) is 0 Å². The molecule has 0 radical (unpaired) electrons. The van der Waals surface area contributed by atoms with Crippen LogP contribution in [-0.4, -0.2) is 123 Å². The minimum atomic E-state index is -1.76. The number of benzene rings is 2. The van der Waals surface area contributed by atoms with Crippen molar-refractivity contribution in [3.63, 3.8) is 0 Å². The van der Waals surface area contributed by atoms with E-state index < -0.39 is 85.8 Å². The van der Waals surface area contributed by atoms with Gasteiger partial charge in [-0.1, -0.05) is 24.3 Å². The normalized spacial score (nSPS) is 33.3. The third kappa shape index (κ3) is 5.23. The molecule has 2 aromatic carbocycles. The van der Waals surface area contributed by atoms with Gasteiger partial charge in [0, 0.05) is 16.7 Å². The number of rotatable bonds is 7. The Hall–Kier alpha value is -3.02. The number of ketones is 2. The first-order valence-corrected chi connectivity index (χ1v) is 12.7. The van der Waals surface area contributed by atoms with E-state index in [0.717, 1.165) is 6.07 Å². The van der Waals surface area contributed by atoms with E-state index in [-0.39, 0.29) is 40.2 Å². The lowest BCUT2D eigenvalue weighted by Crippen LogP contribution is -2.60. The van der Waals surface area contributed by atoms with Crippen LogP contribution in [0.3, 0.4) is 0 Å². The van der Waals surface area contributed by atoms with Crippen molar-refractivity contribution in [3.8, 4) is 11.5 Å². The van der Waals surface area contributed by atoms with Crippen LogP contribution in [0.15, 0.2) is 30.3 Å². The Balaban J connectivity index is 1.33. The number of phenols is 1. The van der Waals surface area contributed by atoms with Crippen molar-refractivity contribution in [1.82, 2.24) is 0 Å². The molecular formula is C27H30O14. The molecule has 9 atom stereocenters. The molecular weight excluding hydrogens is 548 g/mol. The molecule has 0 amide bonds. The number of hydrogen-bond donors (Lipinski definition) is 7. The molecule has 14 nitrogen and oxygen atoms in total. The fraction of sp³-hybridized carbons (Fsp3) is 0.481. The molecule has 41 heavy (non-hydrogen) atoms. The van der Waals surface area contributed by atoms with Crippen LogP contribution >= 0.6 is 0 Å². The number of carbonyl (C=O) groups excluding carboxylic acids is 2. The average molecular weight is 579 g/mol. The number of aromatic hydroxyl groups is 1. The Morgan fingerprint density at radius 2 is 1.49 bits per heavy atom. The number of aliphatic hydroxyl groups is 6. The molecule has 2 fully saturated rings. The summed E-state index contributed by atoms with van der Waals surface area (Å²) in [7, 11) is 1.24. The van der Waals surface area contributed by atoms with Gasteiger partial charge in [-0.05, 0) is 6.07 Å². The minimum Gasteiger partial charge on any atom is -0.507 e. The largest absolute Gasteiger partial charge is 0.507 e. The number of phenolic OH excluding ortho intramolecular Hbond substituents is 1. The lowest BCUT2D eigenvalue weighted by atomic mass is 9.82. The number of hydrogen-bond acceptors (Lipinski definition) is 14. The molecule has 14 heteroatoms. The van der Waals surface area contributed by atoms with Crippen molar-refractivity contribution < 1.29 is 69.0 Å². The maximum Gasteiger partial charge on any atom is 0.198 e. The number of carbonyl (C=O) groups is 2. The van der Waals surface area contributed by atoms with Crippen molar-refractivity contribution >= 4 is 11.6 Å². The predicted molar refractivity (Wildman–Crippen MR) is 133 cm³/mol. The SMILES string of the molecule is COc1c(CO[C@@H]2O[C@H](CO[C@@H]3OC[C@@H](O)[C@H](O)[C@H]3O)[C@@H](O)[C@H](O)[C@H]2O)c(O)cc2c1C(=O)c1ccccc1C2=O. The van der Waals surface area contributed by atoms with Crippen LogP contribution in [0.4, 0.5) is 0 Å². The van der Waals surface area contributed by atoms with E-state index in [0.29, 0.717) is 0 Å². The minimum absolute atomic E-state index is 0.0396. The molecule has 0 aromatic heterocycles. The standard InChI is InChI=1S/C27H30O14/c1-37-25-13(14(28)6-12-17(25)19(31)11-5-3-2-4-10(11)18(12)30)7-38-27-24(36)22(34)21(33)16(41-27)9-40-26-23(35)20(32)15(29)8-39-26/h2-6,15-16,20-24,26-29,32-36H,7-9H2,1H3/t15-,16-,20+,21-,22+,23-,24-,26+,27-/m1/s1. The average Bonchev–Trinajstić information content (AvgIpc) is 2.97. The lowest BCUT2D eigenvalue weighted by molar-refractivity contribution is -0.322. The maximum absolute atomic E-state index is 13.3. The number of methoxy groups -OCH3 is 1. The van der Waals surface area contributed by atoms with Gasteiger partial charge in [-0.15, -0.1) is 0 Å². The van der Waals surface area contributed by atoms with Crippen molar-refractivity contribution in [2.45, 2.75) is 61.9 Å². The first kappa shape index (κ1) is 29.5. The second-order valence-corrected chi connectivity index (χ2v) is 9.94. The summed E-state index contributed by atoms with van der Waals surface area (Å²) < 4.78 is 27.2. The summed E-state index contributed by atoms with van der Waals surface area (Å²) in [6, 6.07) is 7.36. The molecule has 0 unspecified atom stereocenters. The number of aliphatic hydroxyl groups excluding tert-OH is 6. The lowest BCUT2D eigenvalue weighted by Gasteiger charge is -2.41. The van der Waals surface area contributed by atoms with E-state index in [9.17, 15) is 45.3 Å². The molecule has 3 aliphatic rings. The fourth-order valence-electron chi connectivity index (χ4n) is 5.09. The summed E-state index contributed by atoms with van der Waals surface area (Å²) in [5.74, 6) is -1.53. The fourth-order valence-corrected chi connectivity index (χ4v) is 5.09. The monoisotopic (exact) mass is 578 g/mol. The van der Waals surface area contributed by atoms with Crippen LogP contribution in [0.2, 0.25) is 0 Å². The molecule has 2 aromatic rings. The molecule has 2 saturated heterocycles. The van der Waals surface area contributed by atoms with Gasteiger partial charge in [0.1, 0.15) is 54.2 Å². The third-order valence-electron chi connectivity index (χ3n) is 7.39. The Bertz CT molecular complexity index is 1310. The van der Waals surface area contributed by atoms with Crippen LogP contribution in [0.5, 0.6) is 11.5 Å². The Kier molecular flexibility index (Phi) is 8.41. The van der Waals surface area contributed by atoms with E-state index in [1.165, 1.54) is 19.2 Å². The summed E-state index contributed by atoms with van der Waals surface area (Å²) in [5, 5.41) is 71.5. The topological polar surface area (TPSA) is 222 Å². The van der Waals surface area contributed by atoms with Gasteiger partial charge >= 0.3 is 0 Å². The first-order valence-electron chi connectivity index (χ1n) is 12.7. The van der Waals surface area contributed by atoms with Gasteiger partial charge in [0.15, 0.2) is 24.1 Å². The van der Waals surface area contributed by atoms with Crippen molar-refractivity contribution in [2.75, 3.05) is 20.3 Å². The van der Waals surface area contributed by atoms with Gasteiger partial charge in [-0.2, -0.15) is 0 Å². The maximum atomic E-state index is 13.3. The number of fused-ring (bicyclic) bond motifs is 2. The van der Waals surface area contributed by atoms with Gasteiger partial charge in [0.25, 0.3) is 0 Å². The summed E-state index contributed by atoms with van der Waals surface area (Å²) in [4.78, 5) is 26.3. The zero-order valence-electron chi connectivity index (χ0n) is 21.7. The van der Waals surface area contributed by atoms with Crippen molar-refractivity contribution in [1.29, 1.82) is 0 Å². The van der Waals surface area contributed by atoms with Crippen LogP contribution in [0.1, 0.15) is 37.4 Å². The molecule has 7 N–H and O–H groups in total. The highest BCUT2D eigenvalue weighted by atomic mass is 16.7. The summed E-state index contributed by atoms with van der Waals surface area (Å²) in [6.45, 7) is -1.33. The van der Waals surface area contributed by atoms with E-state index in [1.54, 1.807) is 12.1 Å². The van der Waals surface area contributed by atoms with E-state index in [1.807, 2.05) is 0 Å². The van der Waals surface area contributed by atoms with E-state index in [4.69, 9.17) is 23.7 Å². The van der Waals surface area contributed by atoms with Gasteiger partial charge < -0.3 is 59.4 Å². The molecule has 0 saturated carbocycles. The molecule has 0 bridgehead atoms. The third-order valence-corrected chi connectivity index (χ3v) is 7.39. The Morgan fingerprint density at radius 1 is 0.829 bits per heavy atom. The molecule has 0 spiro atoms. The van der Waals surface area contributed by atoms with Gasteiger partial charge in [-0.25, -0.2) is 0 Å². The molecule has 5 rings (SSSR count). The highest BCUT2D eigenvalue weighted by molar-refractivity contribution is 6.29. The van der Waals surface area contributed by atoms with Crippen LogP contribution in [-0.2, 0) is 25.6 Å². The zero-order chi connectivity index (χ0) is 29.6. The second kappa shape index (κ2) is 11.7. The molecule has 222 valence electrons. The van der Waals surface area contributed by atoms with Crippen molar-refractivity contribution in [3.05, 3.63) is 58.1 Å². The van der Waals surface area contributed by atoms with Crippen LogP contribution in [0, 0.1) is 0 Å². The Labute approximate surface area is 232 Å². The molecule has 1 aliphatic carbocycles. The predicted octanol–water partition coefficient (Wildman–Crippen LogP) is -2.04. The molecule has 2 heterocycles. The second-order valence-electron chi connectivity index (χ2n) is 9.94. The zero-order valence-corrected chi connectivity index (χ0v) is 21.7. The summed E-state index contributed by atoms with van der Waals surface area (Å²) >= 11 is 0. The highest BCUT2D eigenvalue weighted by Gasteiger charge is 2.46. The summed E-state index contributed by atoms with van der Waals surface area (Å²) in [5.41, 5.74) is 0.189. The smallest absolute Gasteiger partial charge is 0.198 e. The molecule has 2 aliphatic heterocycles. The highest BCUT2D eigenvalue weighted by Crippen LogP contribution is 2.41. The van der Waals surface area contributed by atoms with Gasteiger partial charge in [0.05, 0.1) is 38.1 Å². The van der Waals surface area contributed by atoms with E-state index >= 15 is 0 Å². The van der Waals surface area contributed by atoms with E-state index in [2.05, 4.69) is 0 Å². The summed E-state index contributed by atoms with van der Waals surface area (Å²) in [6.07, 6.45) is -13.9.